The SMILES string of the molecule is CC(=O)Nc1ccc(CNCC(c2ccc(C)cc2)N2CCOCC2)cc1. The number of aryl methyl sites for hydroxylation is 1. The Morgan fingerprint density at radius 2 is 1.74 bits per heavy atom. The van der Waals surface area contributed by atoms with E-state index in [4.69, 9.17) is 4.74 Å². The summed E-state index contributed by atoms with van der Waals surface area (Å²) in [4.78, 5) is 13.6. The van der Waals surface area contributed by atoms with Crippen LogP contribution in [0.1, 0.15) is 29.7 Å². The van der Waals surface area contributed by atoms with E-state index in [1.807, 2.05) is 24.3 Å². The van der Waals surface area contributed by atoms with Crippen LogP contribution in [-0.2, 0) is 16.1 Å². The molecule has 0 bridgehead atoms. The molecule has 3 rings (SSSR count). The van der Waals surface area contributed by atoms with Gasteiger partial charge in [-0.3, -0.25) is 9.69 Å². The van der Waals surface area contributed by atoms with Crippen molar-refractivity contribution in [3.8, 4) is 0 Å². The summed E-state index contributed by atoms with van der Waals surface area (Å²) in [6.07, 6.45) is 0. The van der Waals surface area contributed by atoms with Gasteiger partial charge in [-0.15, -0.1) is 0 Å². The second kappa shape index (κ2) is 9.65. The number of hydrogen-bond acceptors (Lipinski definition) is 4. The molecule has 1 aliphatic heterocycles. The van der Waals surface area contributed by atoms with Gasteiger partial charge in [-0.25, -0.2) is 0 Å². The van der Waals surface area contributed by atoms with E-state index < -0.39 is 0 Å². The topological polar surface area (TPSA) is 53.6 Å². The van der Waals surface area contributed by atoms with Gasteiger partial charge in [0.15, 0.2) is 0 Å². The molecule has 144 valence electrons. The molecule has 0 aliphatic carbocycles. The van der Waals surface area contributed by atoms with Crippen molar-refractivity contribution >= 4 is 11.6 Å². The van der Waals surface area contributed by atoms with Gasteiger partial charge in [-0.1, -0.05) is 42.0 Å². The maximum absolute atomic E-state index is 11.1. The number of hydrogen-bond donors (Lipinski definition) is 2. The third-order valence-electron chi connectivity index (χ3n) is 4.89. The van der Waals surface area contributed by atoms with Crippen LogP contribution in [0.15, 0.2) is 48.5 Å². The molecule has 0 aromatic heterocycles. The van der Waals surface area contributed by atoms with Gasteiger partial charge in [-0.05, 0) is 30.2 Å². The molecular formula is C22H29N3O2. The van der Waals surface area contributed by atoms with Crippen molar-refractivity contribution in [3.63, 3.8) is 0 Å². The molecule has 0 saturated carbocycles. The Morgan fingerprint density at radius 1 is 1.07 bits per heavy atom. The van der Waals surface area contributed by atoms with Crippen molar-refractivity contribution in [2.24, 2.45) is 0 Å². The van der Waals surface area contributed by atoms with Crippen molar-refractivity contribution in [1.29, 1.82) is 0 Å². The fourth-order valence-electron chi connectivity index (χ4n) is 3.40. The van der Waals surface area contributed by atoms with Gasteiger partial charge < -0.3 is 15.4 Å². The van der Waals surface area contributed by atoms with Gasteiger partial charge in [0.2, 0.25) is 5.91 Å². The lowest BCUT2D eigenvalue weighted by Crippen LogP contribution is -2.42. The minimum absolute atomic E-state index is 0.0488. The van der Waals surface area contributed by atoms with Crippen molar-refractivity contribution in [2.75, 3.05) is 38.2 Å². The average Bonchev–Trinajstić information content (AvgIpc) is 2.68. The molecule has 0 radical (unpaired) electrons. The van der Waals surface area contributed by atoms with Gasteiger partial charge in [0.1, 0.15) is 0 Å². The first-order valence-corrected chi connectivity index (χ1v) is 9.57. The molecule has 2 N–H and O–H groups in total. The van der Waals surface area contributed by atoms with E-state index in [1.165, 1.54) is 23.6 Å². The van der Waals surface area contributed by atoms with Gasteiger partial charge in [-0.2, -0.15) is 0 Å². The maximum Gasteiger partial charge on any atom is 0.221 e. The summed E-state index contributed by atoms with van der Waals surface area (Å²) in [5.74, 6) is -0.0488. The first-order valence-electron chi connectivity index (χ1n) is 9.57. The lowest BCUT2D eigenvalue weighted by Gasteiger charge is -2.35. The highest BCUT2D eigenvalue weighted by Crippen LogP contribution is 2.22. The molecule has 1 aliphatic rings. The monoisotopic (exact) mass is 367 g/mol. The summed E-state index contributed by atoms with van der Waals surface area (Å²) in [6, 6.07) is 17.2. The molecule has 1 fully saturated rings. The Hall–Kier alpha value is -2.21. The zero-order valence-electron chi connectivity index (χ0n) is 16.2. The summed E-state index contributed by atoms with van der Waals surface area (Å²) < 4.78 is 5.53. The Balaban J connectivity index is 1.60. The first kappa shape index (κ1) is 19.5. The number of benzene rings is 2. The highest BCUT2D eigenvalue weighted by atomic mass is 16.5. The smallest absolute Gasteiger partial charge is 0.221 e. The molecule has 5 nitrogen and oxygen atoms in total. The Kier molecular flexibility index (Phi) is 6.98. The van der Waals surface area contributed by atoms with Crippen LogP contribution >= 0.6 is 0 Å². The molecule has 1 amide bonds. The quantitative estimate of drug-likeness (QED) is 0.790. The molecular weight excluding hydrogens is 338 g/mol. The fourth-order valence-corrected chi connectivity index (χ4v) is 3.40. The van der Waals surface area contributed by atoms with E-state index in [-0.39, 0.29) is 5.91 Å². The Morgan fingerprint density at radius 3 is 2.37 bits per heavy atom. The van der Waals surface area contributed by atoms with Crippen LogP contribution in [0, 0.1) is 6.92 Å². The van der Waals surface area contributed by atoms with Crippen LogP contribution in [0.4, 0.5) is 5.69 Å². The molecule has 1 atom stereocenters. The van der Waals surface area contributed by atoms with Crippen LogP contribution in [0.5, 0.6) is 0 Å². The predicted molar refractivity (Wildman–Crippen MR) is 109 cm³/mol. The van der Waals surface area contributed by atoms with Gasteiger partial charge in [0.05, 0.1) is 13.2 Å². The van der Waals surface area contributed by atoms with Crippen LogP contribution < -0.4 is 10.6 Å². The number of carbonyl (C=O) groups excluding carboxylic acids is 1. The summed E-state index contributed by atoms with van der Waals surface area (Å²) in [5.41, 5.74) is 4.66. The first-order chi connectivity index (χ1) is 13.1. The second-order valence-electron chi connectivity index (χ2n) is 7.08. The number of rotatable bonds is 7. The molecule has 1 heterocycles. The van der Waals surface area contributed by atoms with Crippen LogP contribution in [0.3, 0.4) is 0 Å². The third kappa shape index (κ3) is 5.89. The van der Waals surface area contributed by atoms with Crippen molar-refractivity contribution in [2.45, 2.75) is 26.4 Å². The number of ether oxygens (including phenoxy) is 1. The van der Waals surface area contributed by atoms with Crippen molar-refractivity contribution < 1.29 is 9.53 Å². The van der Waals surface area contributed by atoms with Crippen molar-refractivity contribution in [3.05, 3.63) is 65.2 Å². The van der Waals surface area contributed by atoms with Crippen LogP contribution in [-0.4, -0.2) is 43.7 Å². The summed E-state index contributed by atoms with van der Waals surface area (Å²) in [6.45, 7) is 8.85. The predicted octanol–water partition coefficient (Wildman–Crippen LogP) is 3.12. The molecule has 5 heteroatoms. The number of carbonyl (C=O) groups is 1. The summed E-state index contributed by atoms with van der Waals surface area (Å²) in [5, 5.41) is 6.40. The van der Waals surface area contributed by atoms with Gasteiger partial charge in [0, 0.05) is 44.8 Å². The average molecular weight is 367 g/mol. The minimum atomic E-state index is -0.0488. The van der Waals surface area contributed by atoms with E-state index >= 15 is 0 Å². The van der Waals surface area contributed by atoms with Crippen LogP contribution in [0.2, 0.25) is 0 Å². The number of nitrogens with zero attached hydrogens (tertiary/aromatic N) is 1. The molecule has 1 unspecified atom stereocenters. The van der Waals surface area contributed by atoms with E-state index in [1.54, 1.807) is 0 Å². The molecule has 2 aromatic carbocycles. The van der Waals surface area contributed by atoms with Crippen molar-refractivity contribution in [1.82, 2.24) is 10.2 Å². The summed E-state index contributed by atoms with van der Waals surface area (Å²) in [7, 11) is 0. The molecule has 0 spiro atoms. The van der Waals surface area contributed by atoms with Gasteiger partial charge in [0.25, 0.3) is 0 Å². The molecule has 1 saturated heterocycles. The zero-order chi connectivity index (χ0) is 19.1. The van der Waals surface area contributed by atoms with E-state index in [2.05, 4.69) is 46.7 Å². The highest BCUT2D eigenvalue weighted by molar-refractivity contribution is 5.88. The number of morpholine rings is 1. The lowest BCUT2D eigenvalue weighted by molar-refractivity contribution is -0.114. The number of nitrogens with one attached hydrogen (secondary N) is 2. The normalized spacial score (nSPS) is 16.1. The van der Waals surface area contributed by atoms with E-state index in [9.17, 15) is 4.79 Å². The minimum Gasteiger partial charge on any atom is -0.379 e. The highest BCUT2D eigenvalue weighted by Gasteiger charge is 2.22. The largest absolute Gasteiger partial charge is 0.379 e. The molecule has 27 heavy (non-hydrogen) atoms. The van der Waals surface area contributed by atoms with Crippen LogP contribution in [0.25, 0.3) is 0 Å². The van der Waals surface area contributed by atoms with Gasteiger partial charge >= 0.3 is 0 Å². The Bertz CT molecular complexity index is 722. The zero-order valence-corrected chi connectivity index (χ0v) is 16.2. The Labute approximate surface area is 161 Å². The van der Waals surface area contributed by atoms with E-state index in [0.717, 1.165) is 45.1 Å². The lowest BCUT2D eigenvalue weighted by atomic mass is 10.0. The third-order valence-corrected chi connectivity index (χ3v) is 4.89. The maximum atomic E-state index is 11.1. The fraction of sp³-hybridized carbons (Fsp3) is 0.409. The summed E-state index contributed by atoms with van der Waals surface area (Å²) >= 11 is 0. The van der Waals surface area contributed by atoms with E-state index in [0.29, 0.717) is 6.04 Å². The number of anilines is 1. The standard InChI is InChI=1S/C22H29N3O2/c1-17-3-7-20(8-4-17)22(25-11-13-27-14-12-25)16-23-15-19-5-9-21(10-6-19)24-18(2)26/h3-10,22-23H,11-16H2,1-2H3,(H,24,26). The number of amides is 1. The molecule has 2 aromatic rings. The second-order valence-corrected chi connectivity index (χ2v) is 7.08.